The molecule has 1 saturated heterocycles. The number of carbonyl (C=O) groups excluding carboxylic acids is 2. The molecule has 0 bridgehead atoms. The van der Waals surface area contributed by atoms with Crippen LogP contribution in [0.3, 0.4) is 0 Å². The summed E-state index contributed by atoms with van der Waals surface area (Å²) in [4.78, 5) is 29.8. The highest BCUT2D eigenvalue weighted by molar-refractivity contribution is 7.27. The quantitative estimate of drug-likeness (QED) is 0.682. The molecule has 0 spiro atoms. The van der Waals surface area contributed by atoms with Gasteiger partial charge in [0.05, 0.1) is 4.88 Å². The zero-order chi connectivity index (χ0) is 19.0. The van der Waals surface area contributed by atoms with Crippen LogP contribution < -0.4 is 5.73 Å². The Kier molecular flexibility index (Phi) is 6.40. The maximum absolute atomic E-state index is 12.7. The Hall–Kier alpha value is -1.93. The van der Waals surface area contributed by atoms with Gasteiger partial charge in [-0.25, -0.2) is 0 Å². The molecule has 8 heteroatoms. The van der Waals surface area contributed by atoms with Crippen molar-refractivity contribution in [2.75, 3.05) is 26.2 Å². The van der Waals surface area contributed by atoms with Crippen molar-refractivity contribution in [3.8, 4) is 0 Å². The van der Waals surface area contributed by atoms with Gasteiger partial charge in [-0.1, -0.05) is 29.8 Å². The third kappa shape index (κ3) is 4.07. The van der Waals surface area contributed by atoms with Crippen LogP contribution >= 0.6 is 35.1 Å². The van der Waals surface area contributed by atoms with Gasteiger partial charge in [0.2, 0.25) is 5.91 Å². The predicted octanol–water partition coefficient (Wildman–Crippen LogP) is 3.68. The summed E-state index contributed by atoms with van der Waals surface area (Å²) in [7, 11) is 0. The number of nitrogens with zero attached hydrogens (tertiary/aromatic N) is 2. The number of halogens is 1. The van der Waals surface area contributed by atoms with E-state index in [1.54, 1.807) is 16.2 Å². The van der Waals surface area contributed by atoms with E-state index in [1.807, 2.05) is 53.6 Å². The van der Waals surface area contributed by atoms with E-state index >= 15 is 0 Å². The fourth-order valence-corrected chi connectivity index (χ4v) is 5.35. The lowest BCUT2D eigenvalue weighted by atomic mass is 10.0. The molecular formula is C20H22ClN3O2S2. The Balaban J connectivity index is 0.00000225. The van der Waals surface area contributed by atoms with E-state index < -0.39 is 6.04 Å². The van der Waals surface area contributed by atoms with E-state index in [1.165, 1.54) is 11.3 Å². The lowest BCUT2D eigenvalue weighted by Gasteiger charge is -2.35. The van der Waals surface area contributed by atoms with E-state index in [-0.39, 0.29) is 24.2 Å². The summed E-state index contributed by atoms with van der Waals surface area (Å²) in [6.07, 6.45) is 0. The normalized spacial score (nSPS) is 15.4. The second kappa shape index (κ2) is 8.61. The molecule has 28 heavy (non-hydrogen) atoms. The number of nitrogens with two attached hydrogens (primary N) is 1. The smallest absolute Gasteiger partial charge is 0.264 e. The monoisotopic (exact) mass is 435 g/mol. The summed E-state index contributed by atoms with van der Waals surface area (Å²) in [5, 5.41) is 2.04. The Morgan fingerprint density at radius 2 is 1.64 bits per heavy atom. The molecule has 3 aromatic rings. The highest BCUT2D eigenvalue weighted by Gasteiger charge is 2.29. The Bertz CT molecular complexity index is 946. The fraction of sp³-hybridized carbons (Fsp3) is 0.300. The molecule has 0 aliphatic carbocycles. The van der Waals surface area contributed by atoms with Crippen LogP contribution in [0.25, 0.3) is 9.40 Å². The summed E-state index contributed by atoms with van der Waals surface area (Å²) in [6, 6.07) is 11.1. The SMILES string of the molecule is Cc1ccc(C(N)C(=O)N2CCN(C(=O)c3cc4sccc4s3)CC2)cc1.Cl. The van der Waals surface area contributed by atoms with Gasteiger partial charge in [0, 0.05) is 35.6 Å². The standard InChI is InChI=1S/C20H21N3O2S2.ClH/c1-13-2-4-14(5-3-13)18(21)20(25)23-9-7-22(8-10-23)19(24)17-12-16-15(27-17)6-11-26-16;/h2-6,11-12,18H,7-10,21H2,1H3;1H. The molecule has 2 aromatic heterocycles. The number of hydrogen-bond acceptors (Lipinski definition) is 5. The molecule has 1 unspecified atom stereocenters. The second-order valence-corrected chi connectivity index (χ2v) is 8.80. The molecule has 2 amide bonds. The first-order valence-corrected chi connectivity index (χ1v) is 10.6. The topological polar surface area (TPSA) is 66.6 Å². The van der Waals surface area contributed by atoms with Gasteiger partial charge in [-0.2, -0.15) is 0 Å². The van der Waals surface area contributed by atoms with E-state index in [9.17, 15) is 9.59 Å². The lowest BCUT2D eigenvalue weighted by molar-refractivity contribution is -0.134. The van der Waals surface area contributed by atoms with Crippen LogP contribution in [0.2, 0.25) is 0 Å². The molecule has 4 rings (SSSR count). The van der Waals surface area contributed by atoms with Gasteiger partial charge in [0.15, 0.2) is 0 Å². The van der Waals surface area contributed by atoms with Gasteiger partial charge in [-0.15, -0.1) is 35.1 Å². The minimum Gasteiger partial charge on any atom is -0.337 e. The first-order chi connectivity index (χ1) is 13.0. The highest BCUT2D eigenvalue weighted by Crippen LogP contribution is 2.31. The van der Waals surface area contributed by atoms with Crippen LogP contribution in [0.5, 0.6) is 0 Å². The number of benzene rings is 1. The van der Waals surface area contributed by atoms with Crippen molar-refractivity contribution >= 4 is 56.3 Å². The molecule has 1 atom stereocenters. The Labute approximate surface area is 178 Å². The van der Waals surface area contributed by atoms with Crippen molar-refractivity contribution < 1.29 is 9.59 Å². The lowest BCUT2D eigenvalue weighted by Crippen LogP contribution is -2.52. The van der Waals surface area contributed by atoms with Gasteiger partial charge in [0.1, 0.15) is 6.04 Å². The summed E-state index contributed by atoms with van der Waals surface area (Å²) in [5.41, 5.74) is 8.13. The van der Waals surface area contributed by atoms with Crippen molar-refractivity contribution in [3.05, 3.63) is 57.8 Å². The fourth-order valence-electron chi connectivity index (χ4n) is 3.27. The summed E-state index contributed by atoms with van der Waals surface area (Å²) < 4.78 is 2.31. The van der Waals surface area contributed by atoms with Crippen molar-refractivity contribution in [1.82, 2.24) is 9.80 Å². The number of hydrogen-bond donors (Lipinski definition) is 1. The average Bonchev–Trinajstić information content (AvgIpc) is 3.29. The van der Waals surface area contributed by atoms with E-state index in [0.29, 0.717) is 26.2 Å². The Morgan fingerprint density at radius 1 is 1.00 bits per heavy atom. The van der Waals surface area contributed by atoms with Crippen LogP contribution in [-0.4, -0.2) is 47.8 Å². The van der Waals surface area contributed by atoms with E-state index in [0.717, 1.165) is 25.4 Å². The molecule has 1 aliphatic rings. The summed E-state index contributed by atoms with van der Waals surface area (Å²) in [6.45, 7) is 4.12. The minimum atomic E-state index is -0.656. The zero-order valence-corrected chi connectivity index (χ0v) is 17.9. The van der Waals surface area contributed by atoms with Crippen molar-refractivity contribution in [2.45, 2.75) is 13.0 Å². The van der Waals surface area contributed by atoms with Gasteiger partial charge in [-0.3, -0.25) is 9.59 Å². The first kappa shape index (κ1) is 20.8. The molecule has 3 heterocycles. The number of rotatable bonds is 3. The number of fused-ring (bicyclic) bond motifs is 1. The predicted molar refractivity (Wildman–Crippen MR) is 118 cm³/mol. The number of thiophene rings is 2. The average molecular weight is 436 g/mol. The second-order valence-electron chi connectivity index (χ2n) is 6.77. The van der Waals surface area contributed by atoms with Gasteiger partial charge in [-0.05, 0) is 30.0 Å². The third-order valence-electron chi connectivity index (χ3n) is 4.93. The van der Waals surface area contributed by atoms with Crippen LogP contribution in [0.1, 0.15) is 26.8 Å². The summed E-state index contributed by atoms with van der Waals surface area (Å²) >= 11 is 3.19. The molecule has 2 N–H and O–H groups in total. The largest absolute Gasteiger partial charge is 0.337 e. The molecule has 1 aromatic carbocycles. The van der Waals surface area contributed by atoms with Crippen LogP contribution in [0, 0.1) is 6.92 Å². The van der Waals surface area contributed by atoms with Crippen LogP contribution in [0.4, 0.5) is 0 Å². The number of amides is 2. The number of aryl methyl sites for hydroxylation is 1. The molecule has 5 nitrogen and oxygen atoms in total. The van der Waals surface area contributed by atoms with Crippen LogP contribution in [0.15, 0.2) is 41.8 Å². The maximum atomic E-state index is 12.7. The zero-order valence-electron chi connectivity index (χ0n) is 15.5. The van der Waals surface area contributed by atoms with Crippen molar-refractivity contribution in [1.29, 1.82) is 0 Å². The molecule has 148 valence electrons. The molecule has 1 aliphatic heterocycles. The first-order valence-electron chi connectivity index (χ1n) is 8.90. The van der Waals surface area contributed by atoms with Gasteiger partial charge >= 0.3 is 0 Å². The van der Waals surface area contributed by atoms with Gasteiger partial charge < -0.3 is 15.5 Å². The Morgan fingerprint density at radius 3 is 2.29 bits per heavy atom. The maximum Gasteiger partial charge on any atom is 0.264 e. The third-order valence-corrected chi connectivity index (χ3v) is 7.01. The van der Waals surface area contributed by atoms with E-state index in [2.05, 4.69) is 0 Å². The van der Waals surface area contributed by atoms with Gasteiger partial charge in [0.25, 0.3) is 5.91 Å². The molecule has 0 radical (unpaired) electrons. The number of piperazine rings is 1. The molecular weight excluding hydrogens is 414 g/mol. The van der Waals surface area contributed by atoms with Crippen LogP contribution in [-0.2, 0) is 4.79 Å². The number of carbonyl (C=O) groups is 2. The van der Waals surface area contributed by atoms with E-state index in [4.69, 9.17) is 5.73 Å². The summed E-state index contributed by atoms with van der Waals surface area (Å²) in [5.74, 6) is -0.0269. The molecule has 1 fully saturated rings. The van der Waals surface area contributed by atoms with Crippen molar-refractivity contribution in [3.63, 3.8) is 0 Å². The molecule has 0 saturated carbocycles. The van der Waals surface area contributed by atoms with Crippen molar-refractivity contribution in [2.24, 2.45) is 5.73 Å². The highest BCUT2D eigenvalue weighted by atomic mass is 35.5. The minimum absolute atomic E-state index is 0.